The largest absolute Gasteiger partial charge is 0.0776 e. The molecule has 0 fully saturated rings. The van der Waals surface area contributed by atoms with Crippen LogP contribution in [0.15, 0.2) is 188 Å². The van der Waals surface area contributed by atoms with Gasteiger partial charge in [0.05, 0.1) is 0 Å². The molecule has 0 aliphatic heterocycles. The van der Waals surface area contributed by atoms with E-state index in [0.29, 0.717) is 0 Å². The molecule has 0 N–H and O–H groups in total. The molecule has 51 heavy (non-hydrogen) atoms. The minimum absolute atomic E-state index is 0. The fourth-order valence-corrected chi connectivity index (χ4v) is 3.24. The van der Waals surface area contributed by atoms with Gasteiger partial charge in [-0.3, -0.25) is 0 Å². The lowest BCUT2D eigenvalue weighted by Crippen LogP contribution is -1.73. The number of hydrogen-bond donors (Lipinski definition) is 0. The molecule has 0 saturated heterocycles. The lowest BCUT2D eigenvalue weighted by atomic mass is 10.2. The van der Waals surface area contributed by atoms with Crippen molar-refractivity contribution in [3.63, 3.8) is 0 Å². The van der Waals surface area contributed by atoms with Gasteiger partial charge < -0.3 is 0 Å². The van der Waals surface area contributed by atoms with Crippen molar-refractivity contribution < 1.29 is 0 Å². The predicted octanol–water partition coefficient (Wildman–Crippen LogP) is 16.9. The van der Waals surface area contributed by atoms with Crippen LogP contribution in [-0.4, -0.2) is 0 Å². The molecule has 0 spiro atoms. The van der Waals surface area contributed by atoms with Gasteiger partial charge in [0.15, 0.2) is 0 Å². The zero-order valence-electron chi connectivity index (χ0n) is 32.1. The highest BCUT2D eigenvalue weighted by Crippen LogP contribution is 1.97. The molecule has 0 aromatic heterocycles. The minimum Gasteiger partial charge on any atom is -0.0776 e. The summed E-state index contributed by atoms with van der Waals surface area (Å²) in [6, 6.07) is 63.5. The molecule has 0 heteroatoms. The zero-order valence-corrected chi connectivity index (χ0v) is 32.1. The van der Waals surface area contributed by atoms with Gasteiger partial charge in [0.2, 0.25) is 0 Å². The lowest BCUT2D eigenvalue weighted by molar-refractivity contribution is 1.14. The summed E-state index contributed by atoms with van der Waals surface area (Å²) >= 11 is 0. The molecule has 6 rings (SSSR count). The summed E-state index contributed by atoms with van der Waals surface area (Å²) in [4.78, 5) is 0. The fraction of sp³-hybridized carbons (Fsp3) is 0.294. The molecule has 0 nitrogen and oxygen atoms in total. The summed E-state index contributed by atoms with van der Waals surface area (Å²) in [5, 5.41) is 0. The molecule has 0 aliphatic rings. The van der Waals surface area contributed by atoms with E-state index in [1.807, 2.05) is 157 Å². The maximum Gasteiger partial charge on any atom is -0.0307 e. The second kappa shape index (κ2) is 49.7. The molecule has 6 aromatic rings. The average Bonchev–Trinajstić information content (AvgIpc) is 3.18. The first-order valence-corrected chi connectivity index (χ1v) is 17.6. The maximum atomic E-state index is 2.16. The van der Waals surface area contributed by atoms with Crippen LogP contribution in [0.2, 0.25) is 0 Å². The third-order valence-electron chi connectivity index (χ3n) is 5.68. The van der Waals surface area contributed by atoms with Gasteiger partial charge in [-0.05, 0) is 39.7 Å². The third kappa shape index (κ3) is 45.3. The Hall–Kier alpha value is -4.68. The van der Waals surface area contributed by atoms with Crippen LogP contribution in [0.5, 0.6) is 0 Å². The van der Waals surface area contributed by atoms with Crippen molar-refractivity contribution in [1.82, 2.24) is 0 Å². The van der Waals surface area contributed by atoms with Crippen molar-refractivity contribution >= 4 is 0 Å². The van der Waals surface area contributed by atoms with Gasteiger partial charge in [0, 0.05) is 0 Å². The van der Waals surface area contributed by atoms with Gasteiger partial charge in [0.1, 0.15) is 0 Å². The predicted molar refractivity (Wildman–Crippen MR) is 241 cm³/mol. The smallest absolute Gasteiger partial charge is 0.0307 e. The van der Waals surface area contributed by atoms with Crippen molar-refractivity contribution in [3.8, 4) is 0 Å². The zero-order chi connectivity index (χ0) is 36.5. The highest BCUT2D eigenvalue weighted by Gasteiger charge is 1.80. The Balaban J connectivity index is -0.000000114. The molecule has 6 aromatic carbocycles. The first kappa shape index (κ1) is 58.5. The Morgan fingerprint density at radius 1 is 0.255 bits per heavy atom. The molecule has 0 radical (unpaired) electrons. The van der Waals surface area contributed by atoms with E-state index >= 15 is 0 Å². The van der Waals surface area contributed by atoms with Crippen LogP contribution in [0, 0.1) is 27.7 Å². The quantitative estimate of drug-likeness (QED) is 0.161. The molecule has 0 bridgehead atoms. The molecule has 0 amide bonds. The van der Waals surface area contributed by atoms with E-state index < -0.39 is 0 Å². The summed E-state index contributed by atoms with van der Waals surface area (Å²) in [6.45, 7) is 22.5. The molecule has 0 saturated carbocycles. The van der Waals surface area contributed by atoms with Crippen molar-refractivity contribution in [3.05, 3.63) is 216 Å². The van der Waals surface area contributed by atoms with Gasteiger partial charge in [-0.25, -0.2) is 0 Å². The minimum atomic E-state index is 0. The van der Waals surface area contributed by atoms with Crippen molar-refractivity contribution in [2.75, 3.05) is 0 Å². The van der Waals surface area contributed by atoms with Crippen LogP contribution in [-0.2, 0) is 6.42 Å². The van der Waals surface area contributed by atoms with Crippen LogP contribution >= 0.6 is 0 Å². The topological polar surface area (TPSA) is 0 Å². The van der Waals surface area contributed by atoms with E-state index in [1.165, 1.54) is 27.8 Å². The summed E-state index contributed by atoms with van der Waals surface area (Å²) < 4.78 is 0. The van der Waals surface area contributed by atoms with Gasteiger partial charge in [-0.15, -0.1) is 0 Å². The summed E-state index contributed by atoms with van der Waals surface area (Å²) in [7, 11) is 0. The van der Waals surface area contributed by atoms with Crippen molar-refractivity contribution in [1.29, 1.82) is 0 Å². The summed E-state index contributed by atoms with van der Waals surface area (Å²) in [6.07, 6.45) is 1.14. The lowest BCUT2D eigenvalue weighted by Gasteiger charge is -1.89. The highest BCUT2D eigenvalue weighted by atomic mass is 13.9. The SMILES string of the molecule is C.C.C.CC.CC.CC.CCc1ccccc1.Cc1ccccc1.Cc1ccccc1.Cc1ccccc1.Cc1ccccc1.c1ccccc1. The fourth-order valence-electron chi connectivity index (χ4n) is 3.24. The normalized spacial score (nSPS) is 7.51. The van der Waals surface area contributed by atoms with Crippen molar-refractivity contribution in [2.45, 2.75) is 105 Å². The van der Waals surface area contributed by atoms with Crippen LogP contribution < -0.4 is 0 Å². The maximum absolute atomic E-state index is 2.16. The number of aryl methyl sites for hydroxylation is 5. The van der Waals surface area contributed by atoms with Gasteiger partial charge in [0.25, 0.3) is 0 Å². The summed E-state index contributed by atoms with van der Waals surface area (Å²) in [5.74, 6) is 0. The Kier molecular flexibility index (Phi) is 57.0. The van der Waals surface area contributed by atoms with E-state index in [0.717, 1.165) is 6.42 Å². The molecule has 0 atom stereocenters. The van der Waals surface area contributed by atoms with Gasteiger partial charge >= 0.3 is 0 Å². The van der Waals surface area contributed by atoms with Crippen LogP contribution in [0.3, 0.4) is 0 Å². The van der Waals surface area contributed by atoms with E-state index in [-0.39, 0.29) is 22.3 Å². The monoisotopic (exact) mass is 691 g/mol. The van der Waals surface area contributed by atoms with E-state index in [2.05, 4.69) is 107 Å². The van der Waals surface area contributed by atoms with E-state index in [9.17, 15) is 0 Å². The molecular weight excluding hydrogens is 613 g/mol. The Labute approximate surface area is 319 Å². The van der Waals surface area contributed by atoms with E-state index in [4.69, 9.17) is 0 Å². The number of rotatable bonds is 1. The van der Waals surface area contributed by atoms with Crippen LogP contribution in [0.4, 0.5) is 0 Å². The molecule has 0 heterocycles. The Morgan fingerprint density at radius 2 is 0.392 bits per heavy atom. The van der Waals surface area contributed by atoms with Crippen LogP contribution in [0.1, 0.15) is 98.6 Å². The van der Waals surface area contributed by atoms with Crippen LogP contribution in [0.25, 0.3) is 0 Å². The van der Waals surface area contributed by atoms with Gasteiger partial charge in [-0.2, -0.15) is 0 Å². The average molecular weight is 691 g/mol. The molecule has 0 unspecified atom stereocenters. The Bertz CT molecular complexity index is 1150. The standard InChI is InChI=1S/C8H10.4C7H8.C6H6.3C2H6.3CH4/c1-2-8-6-4-3-5-7-8;4*1-7-5-3-2-4-6-7;1-2-4-6-5-3-1;3*1-2;;;/h3-7H,2H2,1H3;4*2-6H,1H3;1-6H;3*1-2H3;3*1H4. The number of hydrogen-bond acceptors (Lipinski definition) is 0. The van der Waals surface area contributed by atoms with Crippen molar-refractivity contribution in [2.24, 2.45) is 0 Å². The first-order chi connectivity index (χ1) is 23.5. The highest BCUT2D eigenvalue weighted by molar-refractivity contribution is 5.15. The Morgan fingerprint density at radius 3 is 0.490 bits per heavy atom. The molecule has 0 aliphatic carbocycles. The third-order valence-corrected chi connectivity index (χ3v) is 5.68. The molecular formula is C51H78. The second-order valence-electron chi connectivity index (χ2n) is 9.61. The number of benzene rings is 6. The molecule has 282 valence electrons. The first-order valence-electron chi connectivity index (χ1n) is 17.6. The summed E-state index contributed by atoms with van der Waals surface area (Å²) in [5.41, 5.74) is 6.70. The van der Waals surface area contributed by atoms with E-state index in [1.54, 1.807) is 0 Å². The van der Waals surface area contributed by atoms with Gasteiger partial charge in [-0.1, -0.05) is 281 Å². The second-order valence-corrected chi connectivity index (χ2v) is 9.61.